The number of hydroxylamine groups is 1. The van der Waals surface area contributed by atoms with Gasteiger partial charge in [-0.3, -0.25) is 9.63 Å². The zero-order chi connectivity index (χ0) is 11.2. The van der Waals surface area contributed by atoms with Crippen LogP contribution in [0.3, 0.4) is 0 Å². The Bertz CT molecular complexity index is 442. The van der Waals surface area contributed by atoms with Gasteiger partial charge in [0.2, 0.25) is 0 Å². The fraction of sp³-hybridized carbons (Fsp3) is 0.417. The second kappa shape index (κ2) is 3.57. The van der Waals surface area contributed by atoms with Crippen molar-refractivity contribution in [3.63, 3.8) is 0 Å². The molecule has 0 radical (unpaired) electrons. The van der Waals surface area contributed by atoms with E-state index < -0.39 is 0 Å². The summed E-state index contributed by atoms with van der Waals surface area (Å²) in [5.74, 6) is 0.0617. The highest BCUT2D eigenvalue weighted by Gasteiger charge is 2.49. The number of nitrogens with zero attached hydrogens (tertiary/aromatic N) is 1. The molecule has 4 heteroatoms. The number of halogens is 1. The van der Waals surface area contributed by atoms with Gasteiger partial charge in [-0.15, -0.1) is 0 Å². The molecule has 3 nitrogen and oxygen atoms in total. The number of para-hydroxylation sites is 1. The van der Waals surface area contributed by atoms with Crippen molar-refractivity contribution in [2.75, 3.05) is 5.06 Å². The van der Waals surface area contributed by atoms with Crippen LogP contribution >= 0.6 is 15.9 Å². The van der Waals surface area contributed by atoms with Gasteiger partial charge in [0, 0.05) is 4.47 Å². The summed E-state index contributed by atoms with van der Waals surface area (Å²) in [5.41, 5.74) is 0.614. The van der Waals surface area contributed by atoms with Crippen LogP contribution in [0.1, 0.15) is 25.7 Å². The maximum Gasteiger partial charge on any atom is 0.253 e. The molecular formula is C12H12BrNO2. The standard InChI is InChI=1S/C12H12BrNO2/c13-9-4-1-2-5-10(9)14-11(15)8-12(16-14)6-3-7-12/h1-2,4-5H,3,6-8H2. The van der Waals surface area contributed by atoms with E-state index in [2.05, 4.69) is 15.9 Å². The first-order valence-electron chi connectivity index (χ1n) is 5.47. The quantitative estimate of drug-likeness (QED) is 0.792. The molecule has 1 aromatic carbocycles. The van der Waals surface area contributed by atoms with Gasteiger partial charge in [-0.05, 0) is 47.3 Å². The highest BCUT2D eigenvalue weighted by Crippen LogP contribution is 2.45. The molecule has 1 aliphatic heterocycles. The summed E-state index contributed by atoms with van der Waals surface area (Å²) in [5, 5.41) is 1.45. The van der Waals surface area contributed by atoms with Crippen molar-refractivity contribution in [1.29, 1.82) is 0 Å². The van der Waals surface area contributed by atoms with E-state index in [1.54, 1.807) is 0 Å². The van der Waals surface area contributed by atoms with E-state index in [0.717, 1.165) is 29.4 Å². The van der Waals surface area contributed by atoms with Crippen LogP contribution in [0.5, 0.6) is 0 Å². The number of hydrogen-bond acceptors (Lipinski definition) is 2. The van der Waals surface area contributed by atoms with Crippen LogP contribution in [0.2, 0.25) is 0 Å². The molecule has 1 aromatic rings. The molecule has 2 aliphatic rings. The van der Waals surface area contributed by atoms with Crippen LogP contribution in [0.25, 0.3) is 0 Å². The lowest BCUT2D eigenvalue weighted by Gasteiger charge is -2.35. The van der Waals surface area contributed by atoms with Gasteiger partial charge in [0.25, 0.3) is 5.91 Å². The summed E-state index contributed by atoms with van der Waals surface area (Å²) < 4.78 is 0.889. The normalized spacial score (nSPS) is 22.6. The topological polar surface area (TPSA) is 29.5 Å². The van der Waals surface area contributed by atoms with Crippen molar-refractivity contribution < 1.29 is 9.63 Å². The van der Waals surface area contributed by atoms with E-state index in [9.17, 15) is 4.79 Å². The summed E-state index contributed by atoms with van der Waals surface area (Å²) in [4.78, 5) is 17.7. The number of hydrogen-bond donors (Lipinski definition) is 0. The predicted octanol–water partition coefficient (Wildman–Crippen LogP) is 3.04. The number of amides is 1. The SMILES string of the molecule is O=C1CC2(CCC2)ON1c1ccccc1Br. The Balaban J connectivity index is 1.91. The first-order chi connectivity index (χ1) is 7.70. The van der Waals surface area contributed by atoms with E-state index in [-0.39, 0.29) is 11.5 Å². The predicted molar refractivity (Wildman–Crippen MR) is 63.9 cm³/mol. The number of carbonyl (C=O) groups is 1. The number of carbonyl (C=O) groups excluding carboxylic acids is 1. The molecule has 16 heavy (non-hydrogen) atoms. The highest BCUT2D eigenvalue weighted by molar-refractivity contribution is 9.10. The van der Waals surface area contributed by atoms with Crippen molar-refractivity contribution >= 4 is 27.5 Å². The molecular weight excluding hydrogens is 270 g/mol. The third-order valence-electron chi connectivity index (χ3n) is 3.32. The fourth-order valence-electron chi connectivity index (χ4n) is 2.26. The van der Waals surface area contributed by atoms with Gasteiger partial charge >= 0.3 is 0 Å². The smallest absolute Gasteiger partial charge is 0.253 e. The monoisotopic (exact) mass is 281 g/mol. The van der Waals surface area contributed by atoms with Gasteiger partial charge in [-0.25, -0.2) is 0 Å². The minimum atomic E-state index is -0.188. The van der Waals surface area contributed by atoms with Gasteiger partial charge in [-0.1, -0.05) is 12.1 Å². The Morgan fingerprint density at radius 2 is 2.06 bits per heavy atom. The Morgan fingerprint density at radius 3 is 2.62 bits per heavy atom. The molecule has 1 saturated heterocycles. The molecule has 2 fully saturated rings. The van der Waals surface area contributed by atoms with Gasteiger partial charge in [0.15, 0.2) is 0 Å². The van der Waals surface area contributed by atoms with Gasteiger partial charge in [0.05, 0.1) is 12.1 Å². The molecule has 0 atom stereocenters. The lowest BCUT2D eigenvalue weighted by Crippen LogP contribution is -2.37. The Kier molecular flexibility index (Phi) is 2.30. The van der Waals surface area contributed by atoms with Crippen molar-refractivity contribution in [3.8, 4) is 0 Å². The van der Waals surface area contributed by atoms with Crippen LogP contribution in [-0.2, 0) is 9.63 Å². The lowest BCUT2D eigenvalue weighted by molar-refractivity contribution is -0.120. The third kappa shape index (κ3) is 1.48. The van der Waals surface area contributed by atoms with Crippen LogP contribution in [0, 0.1) is 0 Å². The first-order valence-corrected chi connectivity index (χ1v) is 6.26. The molecule has 1 saturated carbocycles. The molecule has 0 unspecified atom stereocenters. The summed E-state index contributed by atoms with van der Waals surface area (Å²) in [6, 6.07) is 7.63. The summed E-state index contributed by atoms with van der Waals surface area (Å²) >= 11 is 3.44. The van der Waals surface area contributed by atoms with E-state index >= 15 is 0 Å². The Hall–Kier alpha value is -0.870. The summed E-state index contributed by atoms with van der Waals surface area (Å²) in [6.07, 6.45) is 3.69. The largest absolute Gasteiger partial charge is 0.272 e. The highest BCUT2D eigenvalue weighted by atomic mass is 79.9. The molecule has 1 aliphatic carbocycles. The second-order valence-corrected chi connectivity index (χ2v) is 5.30. The van der Waals surface area contributed by atoms with Crippen LogP contribution in [0.4, 0.5) is 5.69 Å². The molecule has 84 valence electrons. The van der Waals surface area contributed by atoms with E-state index in [1.165, 1.54) is 5.06 Å². The van der Waals surface area contributed by atoms with Crippen LogP contribution < -0.4 is 5.06 Å². The minimum absolute atomic E-state index is 0.0617. The number of anilines is 1. The van der Waals surface area contributed by atoms with Crippen LogP contribution in [-0.4, -0.2) is 11.5 Å². The molecule has 1 heterocycles. The number of benzene rings is 1. The average molecular weight is 282 g/mol. The lowest BCUT2D eigenvalue weighted by atomic mass is 9.78. The maximum absolute atomic E-state index is 11.9. The molecule has 0 bridgehead atoms. The summed E-state index contributed by atoms with van der Waals surface area (Å²) in [7, 11) is 0. The van der Waals surface area contributed by atoms with Crippen molar-refractivity contribution in [1.82, 2.24) is 0 Å². The van der Waals surface area contributed by atoms with Crippen molar-refractivity contribution in [2.24, 2.45) is 0 Å². The average Bonchev–Trinajstić information content (AvgIpc) is 2.57. The zero-order valence-corrected chi connectivity index (χ0v) is 10.4. The maximum atomic E-state index is 11.9. The molecule has 3 rings (SSSR count). The van der Waals surface area contributed by atoms with Crippen molar-refractivity contribution in [2.45, 2.75) is 31.3 Å². The molecule has 0 aromatic heterocycles. The van der Waals surface area contributed by atoms with Crippen molar-refractivity contribution in [3.05, 3.63) is 28.7 Å². The van der Waals surface area contributed by atoms with E-state index in [1.807, 2.05) is 24.3 Å². The van der Waals surface area contributed by atoms with E-state index in [4.69, 9.17) is 4.84 Å². The minimum Gasteiger partial charge on any atom is -0.272 e. The third-order valence-corrected chi connectivity index (χ3v) is 3.99. The molecule has 0 N–H and O–H groups in total. The van der Waals surface area contributed by atoms with Gasteiger partial charge in [-0.2, -0.15) is 5.06 Å². The Morgan fingerprint density at radius 1 is 1.31 bits per heavy atom. The van der Waals surface area contributed by atoms with E-state index in [0.29, 0.717) is 6.42 Å². The summed E-state index contributed by atoms with van der Waals surface area (Å²) in [6.45, 7) is 0. The van der Waals surface area contributed by atoms with Crippen LogP contribution in [0.15, 0.2) is 28.7 Å². The van der Waals surface area contributed by atoms with Gasteiger partial charge in [0.1, 0.15) is 5.60 Å². The van der Waals surface area contributed by atoms with Gasteiger partial charge < -0.3 is 0 Å². The Labute approximate surface area is 102 Å². The second-order valence-electron chi connectivity index (χ2n) is 4.44. The molecule has 1 amide bonds. The first kappa shape index (κ1) is 10.3. The number of rotatable bonds is 1. The fourth-order valence-corrected chi connectivity index (χ4v) is 2.71. The zero-order valence-electron chi connectivity index (χ0n) is 8.78. The molecule has 1 spiro atoms.